The molecule has 208 valence electrons. The van der Waals surface area contributed by atoms with E-state index in [4.69, 9.17) is 32.7 Å². The van der Waals surface area contributed by atoms with Crippen molar-refractivity contribution in [1.82, 2.24) is 19.7 Å². The summed E-state index contributed by atoms with van der Waals surface area (Å²) in [6.07, 6.45) is -0.983. The zero-order valence-electron chi connectivity index (χ0n) is 20.2. The molecule has 2 heterocycles. The first-order valence-electron chi connectivity index (χ1n) is 11.6. The van der Waals surface area contributed by atoms with Crippen LogP contribution >= 0.6 is 23.2 Å². The topological polar surface area (TPSA) is 133 Å². The lowest BCUT2D eigenvalue weighted by atomic mass is 10.2. The minimum atomic E-state index is -3.75. The van der Waals surface area contributed by atoms with E-state index >= 15 is 0 Å². The zero-order chi connectivity index (χ0) is 28.6. The summed E-state index contributed by atoms with van der Waals surface area (Å²) in [5.74, 6) is -0.269. The molecule has 10 nitrogen and oxygen atoms in total. The van der Waals surface area contributed by atoms with E-state index in [-0.39, 0.29) is 44.6 Å². The fourth-order valence-electron chi connectivity index (χ4n) is 3.69. The maximum atomic E-state index is 13.2. The number of nitrogens with zero attached hydrogens (tertiary/aromatic N) is 3. The Morgan fingerprint density at radius 1 is 1.07 bits per heavy atom. The van der Waals surface area contributed by atoms with E-state index < -0.39 is 38.5 Å². The molecule has 15 heteroatoms. The van der Waals surface area contributed by atoms with Crippen LogP contribution in [0.15, 0.2) is 69.2 Å². The highest BCUT2D eigenvalue weighted by molar-refractivity contribution is 7.92. The van der Waals surface area contributed by atoms with Crippen LogP contribution in [0.25, 0.3) is 5.69 Å². The Balaban J connectivity index is 1.48. The SMILES string of the molecule is O=c1[nH]c(=O)n(-c2cc(Cl)c(Oc3cc(S(=O)(=O)C4CC4)c(OCc4ccccc4)cn3)c(Cl)c2)nc1C(F)F. The number of sulfone groups is 1. The molecule has 0 bridgehead atoms. The summed E-state index contributed by atoms with van der Waals surface area (Å²) in [6, 6.07) is 12.7. The third kappa shape index (κ3) is 5.71. The van der Waals surface area contributed by atoms with E-state index in [1.807, 2.05) is 30.3 Å². The van der Waals surface area contributed by atoms with Crippen molar-refractivity contribution < 1.29 is 26.7 Å². The maximum Gasteiger partial charge on any atom is 0.349 e. The minimum Gasteiger partial charge on any atom is -0.486 e. The number of halogens is 4. The van der Waals surface area contributed by atoms with Gasteiger partial charge in [-0.15, -0.1) is 0 Å². The maximum absolute atomic E-state index is 13.2. The second-order valence-electron chi connectivity index (χ2n) is 8.69. The van der Waals surface area contributed by atoms with Gasteiger partial charge < -0.3 is 9.47 Å². The molecular formula is C25H18Cl2F2N4O6S. The summed E-state index contributed by atoms with van der Waals surface area (Å²) in [5.41, 5.74) is -2.91. The Morgan fingerprint density at radius 2 is 1.75 bits per heavy atom. The van der Waals surface area contributed by atoms with Gasteiger partial charge in [0.25, 0.3) is 12.0 Å². The van der Waals surface area contributed by atoms with Crippen LogP contribution in [0, 0.1) is 0 Å². The molecule has 0 unspecified atom stereocenters. The van der Waals surface area contributed by atoms with Crippen LogP contribution in [-0.4, -0.2) is 33.4 Å². The highest BCUT2D eigenvalue weighted by atomic mass is 35.5. The number of alkyl halides is 2. The third-order valence-corrected chi connectivity index (χ3v) is 8.65. The summed E-state index contributed by atoms with van der Waals surface area (Å²) in [6.45, 7) is 0.112. The monoisotopic (exact) mass is 610 g/mol. The van der Waals surface area contributed by atoms with Crippen molar-refractivity contribution in [3.05, 3.63) is 96.9 Å². The second kappa shape index (κ2) is 11.0. The Hall–Kier alpha value is -3.81. The molecule has 1 N–H and O–H groups in total. The number of aromatic nitrogens is 4. The number of aromatic amines is 1. The van der Waals surface area contributed by atoms with Crippen molar-refractivity contribution in [2.45, 2.75) is 36.0 Å². The standard InChI is InChI=1S/C25H18Cl2F2N4O6S/c26-16-8-14(33-25(35)31-24(34)21(32-33)23(28)29)9-17(27)22(16)39-20-10-19(40(36,37)15-6-7-15)18(11-30-20)38-12-13-4-2-1-3-5-13/h1-5,8-11,15,23H,6-7,12H2,(H,31,34,35). The largest absolute Gasteiger partial charge is 0.486 e. The van der Waals surface area contributed by atoms with Crippen molar-refractivity contribution in [1.29, 1.82) is 0 Å². The summed E-state index contributed by atoms with van der Waals surface area (Å²) < 4.78 is 64.6. The zero-order valence-corrected chi connectivity index (χ0v) is 22.5. The van der Waals surface area contributed by atoms with Gasteiger partial charge in [0.05, 0.1) is 27.2 Å². The van der Waals surface area contributed by atoms with Crippen LogP contribution in [-0.2, 0) is 16.4 Å². The molecule has 1 fully saturated rings. The lowest BCUT2D eigenvalue weighted by Crippen LogP contribution is -2.34. The predicted octanol–water partition coefficient (Wildman–Crippen LogP) is 4.87. The molecule has 0 amide bonds. The smallest absolute Gasteiger partial charge is 0.349 e. The molecule has 1 aliphatic rings. The lowest BCUT2D eigenvalue weighted by molar-refractivity contribution is 0.141. The van der Waals surface area contributed by atoms with Crippen molar-refractivity contribution in [2.24, 2.45) is 0 Å². The van der Waals surface area contributed by atoms with Gasteiger partial charge in [-0.1, -0.05) is 53.5 Å². The van der Waals surface area contributed by atoms with Gasteiger partial charge in [0.1, 0.15) is 11.5 Å². The molecular weight excluding hydrogens is 593 g/mol. The molecule has 1 saturated carbocycles. The first kappa shape index (κ1) is 27.7. The van der Waals surface area contributed by atoms with E-state index in [1.54, 1.807) is 4.98 Å². The van der Waals surface area contributed by atoms with Crippen LogP contribution in [0.5, 0.6) is 17.4 Å². The average molecular weight is 611 g/mol. The van der Waals surface area contributed by atoms with Gasteiger partial charge in [-0.3, -0.25) is 9.78 Å². The number of nitrogens with one attached hydrogen (secondary N) is 1. The second-order valence-corrected chi connectivity index (χ2v) is 11.7. The van der Waals surface area contributed by atoms with Gasteiger partial charge >= 0.3 is 5.69 Å². The molecule has 1 aliphatic carbocycles. The van der Waals surface area contributed by atoms with Crippen molar-refractivity contribution in [3.63, 3.8) is 0 Å². The summed E-state index contributed by atoms with van der Waals surface area (Å²) in [4.78, 5) is 29.6. The van der Waals surface area contributed by atoms with Crippen LogP contribution < -0.4 is 20.7 Å². The number of pyridine rings is 1. The first-order valence-corrected chi connectivity index (χ1v) is 13.9. The fourth-order valence-corrected chi connectivity index (χ4v) is 6.01. The molecule has 40 heavy (non-hydrogen) atoms. The molecule has 4 aromatic rings. The average Bonchev–Trinajstić information content (AvgIpc) is 3.77. The Bertz CT molecular complexity index is 1790. The van der Waals surface area contributed by atoms with Gasteiger partial charge in [0.2, 0.25) is 5.88 Å². The van der Waals surface area contributed by atoms with E-state index in [0.717, 1.165) is 17.7 Å². The number of H-pyrrole nitrogens is 1. The molecule has 0 atom stereocenters. The fraction of sp³-hybridized carbons (Fsp3) is 0.200. The molecule has 0 aliphatic heterocycles. The Kier molecular flexibility index (Phi) is 7.62. The molecule has 0 radical (unpaired) electrons. The number of hydrogen-bond donors (Lipinski definition) is 1. The quantitative estimate of drug-likeness (QED) is 0.284. The number of hydrogen-bond acceptors (Lipinski definition) is 8. The van der Waals surface area contributed by atoms with Crippen LogP contribution in [0.3, 0.4) is 0 Å². The summed E-state index contributed by atoms with van der Waals surface area (Å²) >= 11 is 12.6. The van der Waals surface area contributed by atoms with Crippen molar-refractivity contribution >= 4 is 33.0 Å². The van der Waals surface area contributed by atoms with E-state index in [1.165, 1.54) is 12.3 Å². The molecule has 2 aromatic carbocycles. The van der Waals surface area contributed by atoms with Gasteiger partial charge in [0, 0.05) is 6.07 Å². The molecule has 5 rings (SSSR count). The van der Waals surface area contributed by atoms with Gasteiger partial charge in [-0.2, -0.15) is 9.78 Å². The minimum absolute atomic E-state index is 0.0500. The number of ether oxygens (including phenoxy) is 2. The van der Waals surface area contributed by atoms with Crippen molar-refractivity contribution in [3.8, 4) is 23.1 Å². The Labute approximate surface area is 235 Å². The van der Waals surface area contributed by atoms with Gasteiger partial charge in [0.15, 0.2) is 27.0 Å². The predicted molar refractivity (Wildman–Crippen MR) is 141 cm³/mol. The molecule has 0 spiro atoms. The highest BCUT2D eigenvalue weighted by Gasteiger charge is 2.39. The third-order valence-electron chi connectivity index (χ3n) is 5.81. The van der Waals surface area contributed by atoms with Gasteiger partial charge in [-0.25, -0.2) is 27.0 Å². The lowest BCUT2D eigenvalue weighted by Gasteiger charge is -2.15. The van der Waals surface area contributed by atoms with Crippen LogP contribution in [0.2, 0.25) is 10.0 Å². The molecule has 2 aromatic heterocycles. The normalized spacial score (nSPS) is 13.4. The summed E-state index contributed by atoms with van der Waals surface area (Å²) in [5, 5.41) is 2.50. The first-order chi connectivity index (χ1) is 19.0. The summed E-state index contributed by atoms with van der Waals surface area (Å²) in [7, 11) is -3.75. The van der Waals surface area contributed by atoms with Crippen molar-refractivity contribution in [2.75, 3.05) is 0 Å². The van der Waals surface area contributed by atoms with E-state index in [0.29, 0.717) is 17.5 Å². The Morgan fingerprint density at radius 3 is 2.38 bits per heavy atom. The van der Waals surface area contributed by atoms with Crippen LogP contribution in [0.1, 0.15) is 30.5 Å². The van der Waals surface area contributed by atoms with E-state index in [9.17, 15) is 26.8 Å². The number of rotatable bonds is 9. The molecule has 0 saturated heterocycles. The highest BCUT2D eigenvalue weighted by Crippen LogP contribution is 2.41. The number of benzene rings is 2. The van der Waals surface area contributed by atoms with E-state index in [2.05, 4.69) is 10.1 Å². The van der Waals surface area contributed by atoms with Gasteiger partial charge in [-0.05, 0) is 30.5 Å². The van der Waals surface area contributed by atoms with Crippen LogP contribution in [0.4, 0.5) is 8.78 Å².